The molecule has 0 radical (unpaired) electrons. The predicted molar refractivity (Wildman–Crippen MR) is 128 cm³/mol. The average molecular weight is 426 g/mol. The van der Waals surface area contributed by atoms with Crippen LogP contribution in [0.3, 0.4) is 0 Å². The molecule has 0 aliphatic carbocycles. The van der Waals surface area contributed by atoms with Crippen LogP contribution in [0.15, 0.2) is 95.7 Å². The Labute approximate surface area is 185 Å². The summed E-state index contributed by atoms with van der Waals surface area (Å²) in [6.45, 7) is 2.62. The van der Waals surface area contributed by atoms with Gasteiger partial charge in [-0.15, -0.1) is 0 Å². The van der Waals surface area contributed by atoms with E-state index >= 15 is 0 Å². The molecule has 0 spiro atoms. The summed E-state index contributed by atoms with van der Waals surface area (Å²) in [4.78, 5) is 13.2. The minimum atomic E-state index is -0.153. The number of benzene rings is 3. The number of para-hydroxylation sites is 1. The van der Waals surface area contributed by atoms with Crippen LogP contribution in [-0.4, -0.2) is 16.2 Å². The number of rotatable bonds is 4. The van der Waals surface area contributed by atoms with Crippen LogP contribution in [0.4, 0.5) is 5.69 Å². The van der Waals surface area contributed by atoms with Crippen LogP contribution in [0.25, 0.3) is 17.0 Å². The maximum absolute atomic E-state index is 13.2. The van der Waals surface area contributed by atoms with Gasteiger partial charge in [-0.3, -0.25) is 4.79 Å². The van der Waals surface area contributed by atoms with Gasteiger partial charge in [0.2, 0.25) is 0 Å². The van der Waals surface area contributed by atoms with E-state index in [0.717, 1.165) is 23.0 Å². The Hall–Kier alpha value is -3.63. The molecule has 152 valence electrons. The van der Waals surface area contributed by atoms with E-state index in [1.165, 1.54) is 10.6 Å². The fraction of sp³-hybridized carbons (Fsp3) is 0.0769. The fourth-order valence-electron chi connectivity index (χ4n) is 3.92. The third kappa shape index (κ3) is 3.66. The van der Waals surface area contributed by atoms with E-state index in [1.807, 2.05) is 55.5 Å². The van der Waals surface area contributed by atoms with Crippen molar-refractivity contribution in [1.82, 2.24) is 4.57 Å². The molecule has 0 atom stereocenters. The number of hydrazone groups is 1. The van der Waals surface area contributed by atoms with E-state index in [-0.39, 0.29) is 5.91 Å². The maximum Gasteiger partial charge on any atom is 0.280 e. The second-order valence-corrected chi connectivity index (χ2v) is 7.99. The molecule has 0 N–H and O–H groups in total. The van der Waals surface area contributed by atoms with Gasteiger partial charge < -0.3 is 4.57 Å². The molecule has 4 nitrogen and oxygen atoms in total. The van der Waals surface area contributed by atoms with Crippen molar-refractivity contribution >= 4 is 45.9 Å². The number of hydrogen-bond acceptors (Lipinski definition) is 2. The van der Waals surface area contributed by atoms with Crippen molar-refractivity contribution in [2.75, 3.05) is 5.01 Å². The highest BCUT2D eigenvalue weighted by molar-refractivity contribution is 6.33. The molecule has 1 aliphatic rings. The summed E-state index contributed by atoms with van der Waals surface area (Å²) < 4.78 is 2.22. The molecule has 0 fully saturated rings. The van der Waals surface area contributed by atoms with Crippen molar-refractivity contribution in [3.05, 3.63) is 107 Å². The number of aromatic nitrogens is 1. The number of carbonyl (C=O) groups is 1. The van der Waals surface area contributed by atoms with Gasteiger partial charge in [0.15, 0.2) is 0 Å². The Balaban J connectivity index is 1.54. The van der Waals surface area contributed by atoms with E-state index in [4.69, 9.17) is 11.6 Å². The van der Waals surface area contributed by atoms with Crippen molar-refractivity contribution < 1.29 is 4.79 Å². The highest BCUT2D eigenvalue weighted by Gasteiger charge is 2.29. The lowest BCUT2D eigenvalue weighted by Crippen LogP contribution is -2.21. The van der Waals surface area contributed by atoms with Crippen molar-refractivity contribution in [3.8, 4) is 0 Å². The number of nitrogens with zero attached hydrogens (tertiary/aromatic N) is 3. The third-order valence-corrected chi connectivity index (χ3v) is 5.67. The van der Waals surface area contributed by atoms with Crippen LogP contribution in [0.1, 0.15) is 18.1 Å². The summed E-state index contributed by atoms with van der Waals surface area (Å²) in [7, 11) is 0. The van der Waals surface area contributed by atoms with Gasteiger partial charge >= 0.3 is 0 Å². The number of fused-ring (bicyclic) bond motifs is 1. The van der Waals surface area contributed by atoms with Gasteiger partial charge in [0.1, 0.15) is 0 Å². The average Bonchev–Trinajstić information content (AvgIpc) is 3.27. The quantitative estimate of drug-likeness (QED) is 0.361. The third-order valence-electron chi connectivity index (χ3n) is 5.43. The van der Waals surface area contributed by atoms with E-state index in [1.54, 1.807) is 12.1 Å². The first-order chi connectivity index (χ1) is 15.1. The van der Waals surface area contributed by atoms with Crippen molar-refractivity contribution in [1.29, 1.82) is 0 Å². The van der Waals surface area contributed by atoms with Crippen molar-refractivity contribution in [2.45, 2.75) is 13.5 Å². The van der Waals surface area contributed by atoms with Crippen LogP contribution in [0.5, 0.6) is 0 Å². The van der Waals surface area contributed by atoms with Gasteiger partial charge in [0, 0.05) is 34.2 Å². The molecule has 4 aromatic rings. The standard InChI is InChI=1S/C26H20ClN3O/c1-18-24(26(31)30(28-18)22-11-7-10-21(27)15-22)14-20-17-29(16-19-8-3-2-4-9-19)25-13-6-5-12-23(20)25/h2-15,17H,16H2,1H3/b24-14-. The van der Waals surface area contributed by atoms with Gasteiger partial charge in [-0.25, -0.2) is 0 Å². The topological polar surface area (TPSA) is 37.6 Å². The van der Waals surface area contributed by atoms with E-state index in [2.05, 4.69) is 40.1 Å². The lowest BCUT2D eigenvalue weighted by atomic mass is 10.1. The molecule has 0 saturated heterocycles. The molecule has 1 aliphatic heterocycles. The summed E-state index contributed by atoms with van der Waals surface area (Å²) in [6.07, 6.45) is 4.04. The normalized spacial score (nSPS) is 15.2. The summed E-state index contributed by atoms with van der Waals surface area (Å²) in [5.41, 5.74) is 5.28. The number of anilines is 1. The van der Waals surface area contributed by atoms with E-state index in [0.29, 0.717) is 22.0 Å². The fourth-order valence-corrected chi connectivity index (χ4v) is 4.11. The molecule has 3 aromatic carbocycles. The second kappa shape index (κ2) is 7.89. The summed E-state index contributed by atoms with van der Waals surface area (Å²) >= 11 is 6.10. The van der Waals surface area contributed by atoms with E-state index in [9.17, 15) is 4.79 Å². The number of hydrogen-bond donors (Lipinski definition) is 0. The molecule has 0 unspecified atom stereocenters. The van der Waals surface area contributed by atoms with Crippen LogP contribution in [0.2, 0.25) is 5.02 Å². The Morgan fingerprint density at radius 1 is 0.968 bits per heavy atom. The maximum atomic E-state index is 13.2. The smallest absolute Gasteiger partial charge is 0.280 e. The highest BCUT2D eigenvalue weighted by Crippen LogP contribution is 2.29. The number of halogens is 1. The van der Waals surface area contributed by atoms with Crippen molar-refractivity contribution in [3.63, 3.8) is 0 Å². The monoisotopic (exact) mass is 425 g/mol. The lowest BCUT2D eigenvalue weighted by molar-refractivity contribution is -0.114. The summed E-state index contributed by atoms with van der Waals surface area (Å²) in [5.74, 6) is -0.153. The number of amides is 1. The lowest BCUT2D eigenvalue weighted by Gasteiger charge is -2.11. The van der Waals surface area contributed by atoms with Crippen LogP contribution >= 0.6 is 11.6 Å². The minimum Gasteiger partial charge on any atom is -0.342 e. The molecule has 5 heteroatoms. The zero-order valence-corrected chi connectivity index (χ0v) is 17.8. The first-order valence-electron chi connectivity index (χ1n) is 10.1. The summed E-state index contributed by atoms with van der Waals surface area (Å²) in [6, 6.07) is 25.8. The number of carbonyl (C=O) groups excluding carboxylic acids is 1. The Morgan fingerprint density at radius 3 is 2.55 bits per heavy atom. The van der Waals surface area contributed by atoms with E-state index < -0.39 is 0 Å². The molecular weight excluding hydrogens is 406 g/mol. The van der Waals surface area contributed by atoms with Crippen LogP contribution < -0.4 is 5.01 Å². The Morgan fingerprint density at radius 2 is 1.74 bits per heavy atom. The molecule has 31 heavy (non-hydrogen) atoms. The highest BCUT2D eigenvalue weighted by atomic mass is 35.5. The first kappa shape index (κ1) is 19.3. The Bertz CT molecular complexity index is 1350. The molecular formula is C26H20ClN3O. The zero-order valence-electron chi connectivity index (χ0n) is 17.0. The van der Waals surface area contributed by atoms with Gasteiger partial charge in [-0.2, -0.15) is 10.1 Å². The largest absolute Gasteiger partial charge is 0.342 e. The summed E-state index contributed by atoms with van der Waals surface area (Å²) in [5, 5.41) is 7.57. The minimum absolute atomic E-state index is 0.153. The predicted octanol–water partition coefficient (Wildman–Crippen LogP) is 6.15. The Kier molecular flexibility index (Phi) is 4.92. The molecule has 0 bridgehead atoms. The van der Waals surface area contributed by atoms with Gasteiger partial charge in [0.05, 0.1) is 17.0 Å². The molecule has 1 aromatic heterocycles. The molecule has 0 saturated carbocycles. The van der Waals surface area contributed by atoms with Gasteiger partial charge in [-0.05, 0) is 42.8 Å². The van der Waals surface area contributed by atoms with Crippen LogP contribution in [-0.2, 0) is 11.3 Å². The first-order valence-corrected chi connectivity index (χ1v) is 10.5. The molecule has 5 rings (SSSR count). The molecule has 1 amide bonds. The van der Waals surface area contributed by atoms with Crippen LogP contribution in [0, 0.1) is 0 Å². The SMILES string of the molecule is CC1=NN(c2cccc(Cl)c2)C(=O)/C1=C\c1cn(Cc2ccccc2)c2ccccc12. The van der Waals surface area contributed by atoms with Crippen molar-refractivity contribution in [2.24, 2.45) is 5.10 Å². The zero-order chi connectivity index (χ0) is 21.4. The van der Waals surface area contributed by atoms with Gasteiger partial charge in [-0.1, -0.05) is 66.2 Å². The molecule has 2 heterocycles. The van der Waals surface area contributed by atoms with Gasteiger partial charge in [0.25, 0.3) is 5.91 Å². The second-order valence-electron chi connectivity index (χ2n) is 7.56.